The van der Waals surface area contributed by atoms with E-state index in [4.69, 9.17) is 9.47 Å². The van der Waals surface area contributed by atoms with E-state index in [1.165, 1.54) is 4.31 Å². The van der Waals surface area contributed by atoms with Crippen LogP contribution in [0.15, 0.2) is 48.5 Å². The molecule has 3 rings (SSSR count). The van der Waals surface area contributed by atoms with E-state index < -0.39 is 16.1 Å². The third-order valence-corrected chi connectivity index (χ3v) is 6.12. The molecule has 0 saturated carbocycles. The number of fused-ring (bicyclic) bond motifs is 1. The first-order valence-electron chi connectivity index (χ1n) is 9.86. The largest absolute Gasteiger partial charge is 0.497 e. The molecular formula is C22H28N2O5S. The Morgan fingerprint density at radius 1 is 1.20 bits per heavy atom. The summed E-state index contributed by atoms with van der Waals surface area (Å²) in [6.45, 7) is 4.10. The maximum Gasteiger partial charge on any atom is 0.263 e. The predicted octanol–water partition coefficient (Wildman–Crippen LogP) is 3.13. The van der Waals surface area contributed by atoms with Gasteiger partial charge >= 0.3 is 0 Å². The van der Waals surface area contributed by atoms with Gasteiger partial charge in [-0.05, 0) is 42.2 Å². The Kier molecular flexibility index (Phi) is 6.55. The summed E-state index contributed by atoms with van der Waals surface area (Å²) in [5.41, 5.74) is 1.40. The number of carbonyl (C=O) groups excluding carboxylic acids is 1. The first-order chi connectivity index (χ1) is 14.2. The van der Waals surface area contributed by atoms with Gasteiger partial charge in [-0.15, -0.1) is 0 Å². The lowest BCUT2D eigenvalue weighted by molar-refractivity contribution is -0.128. The molecule has 7 nitrogen and oxygen atoms in total. The number of rotatable bonds is 7. The maximum absolute atomic E-state index is 13.1. The summed E-state index contributed by atoms with van der Waals surface area (Å²) in [5.74, 6) is 1.11. The molecule has 0 aliphatic carbocycles. The molecule has 0 bridgehead atoms. The van der Waals surface area contributed by atoms with Crippen LogP contribution < -0.4 is 19.1 Å². The van der Waals surface area contributed by atoms with Gasteiger partial charge in [-0.1, -0.05) is 38.1 Å². The molecule has 162 valence electrons. The summed E-state index contributed by atoms with van der Waals surface area (Å²) >= 11 is 0. The molecule has 1 heterocycles. The SMILES string of the molecule is COc1ccc([C@H](CC(C)C)NC(=O)[C@H]2CN(S(C)(=O)=O)c3ccccc3O2)cc1. The topological polar surface area (TPSA) is 84.9 Å². The van der Waals surface area contributed by atoms with Gasteiger partial charge in [0.2, 0.25) is 10.0 Å². The highest BCUT2D eigenvalue weighted by Crippen LogP contribution is 2.35. The van der Waals surface area contributed by atoms with Crippen molar-refractivity contribution in [1.29, 1.82) is 0 Å². The third-order valence-electron chi connectivity index (χ3n) is 4.97. The van der Waals surface area contributed by atoms with E-state index in [0.29, 0.717) is 17.4 Å². The Bertz CT molecular complexity index is 989. The van der Waals surface area contributed by atoms with E-state index in [9.17, 15) is 13.2 Å². The van der Waals surface area contributed by atoms with Crippen molar-refractivity contribution >= 4 is 21.6 Å². The van der Waals surface area contributed by atoms with Crippen molar-refractivity contribution in [3.8, 4) is 11.5 Å². The predicted molar refractivity (Wildman–Crippen MR) is 116 cm³/mol. The normalized spacial score (nSPS) is 17.1. The first-order valence-corrected chi connectivity index (χ1v) is 11.7. The van der Waals surface area contributed by atoms with Crippen molar-refractivity contribution in [3.05, 3.63) is 54.1 Å². The Morgan fingerprint density at radius 3 is 2.47 bits per heavy atom. The number of ether oxygens (including phenoxy) is 2. The molecule has 30 heavy (non-hydrogen) atoms. The summed E-state index contributed by atoms with van der Waals surface area (Å²) in [5, 5.41) is 3.05. The van der Waals surface area contributed by atoms with Gasteiger partial charge in [-0.3, -0.25) is 9.10 Å². The van der Waals surface area contributed by atoms with Gasteiger partial charge in [-0.2, -0.15) is 0 Å². The molecule has 2 aromatic carbocycles. The smallest absolute Gasteiger partial charge is 0.263 e. The Balaban J connectivity index is 1.83. The van der Waals surface area contributed by atoms with Crippen LogP contribution in [0.5, 0.6) is 11.5 Å². The van der Waals surface area contributed by atoms with Crippen molar-refractivity contribution in [2.45, 2.75) is 32.4 Å². The van der Waals surface area contributed by atoms with E-state index in [1.54, 1.807) is 31.4 Å². The van der Waals surface area contributed by atoms with E-state index in [-0.39, 0.29) is 18.5 Å². The second-order valence-electron chi connectivity index (χ2n) is 7.83. The van der Waals surface area contributed by atoms with E-state index in [0.717, 1.165) is 24.0 Å². The quantitative estimate of drug-likeness (QED) is 0.727. The van der Waals surface area contributed by atoms with Gasteiger partial charge in [0.15, 0.2) is 6.10 Å². The molecule has 0 fully saturated rings. The van der Waals surface area contributed by atoms with E-state index in [2.05, 4.69) is 19.2 Å². The van der Waals surface area contributed by atoms with Gasteiger partial charge < -0.3 is 14.8 Å². The van der Waals surface area contributed by atoms with E-state index >= 15 is 0 Å². The zero-order valence-corrected chi connectivity index (χ0v) is 18.5. The first kappa shape index (κ1) is 22.0. The van der Waals surface area contributed by atoms with Crippen LogP contribution in [-0.2, 0) is 14.8 Å². The molecule has 2 atom stereocenters. The third kappa shape index (κ3) is 5.05. The number of nitrogens with one attached hydrogen (secondary N) is 1. The second kappa shape index (κ2) is 8.95. The molecule has 8 heteroatoms. The molecule has 0 saturated heterocycles. The minimum Gasteiger partial charge on any atom is -0.497 e. The highest BCUT2D eigenvalue weighted by molar-refractivity contribution is 7.92. The zero-order valence-electron chi connectivity index (χ0n) is 17.7. The number of hydrogen-bond acceptors (Lipinski definition) is 5. The number of carbonyl (C=O) groups is 1. The Labute approximate surface area is 178 Å². The monoisotopic (exact) mass is 432 g/mol. The van der Waals surface area contributed by atoms with Gasteiger partial charge in [-0.25, -0.2) is 8.42 Å². The summed E-state index contributed by atoms with van der Waals surface area (Å²) in [4.78, 5) is 13.1. The van der Waals surface area contributed by atoms with Crippen LogP contribution in [0, 0.1) is 5.92 Å². The number of nitrogens with zero attached hydrogens (tertiary/aromatic N) is 1. The number of hydrogen-bond donors (Lipinski definition) is 1. The lowest BCUT2D eigenvalue weighted by atomic mass is 9.96. The molecule has 1 amide bonds. The standard InChI is InChI=1S/C22H28N2O5S/c1-15(2)13-18(16-9-11-17(28-3)12-10-16)23-22(25)21-14-24(30(4,26)27)19-7-5-6-8-20(19)29-21/h5-12,15,18,21H,13-14H2,1-4H3,(H,23,25)/t18-,21+/m0/s1. The molecule has 1 aliphatic rings. The number of anilines is 1. The van der Waals surface area contributed by atoms with Crippen LogP contribution in [-0.4, -0.2) is 40.3 Å². The number of amides is 1. The van der Waals surface area contributed by atoms with Crippen molar-refractivity contribution in [3.63, 3.8) is 0 Å². The lowest BCUT2D eigenvalue weighted by Gasteiger charge is -2.34. The lowest BCUT2D eigenvalue weighted by Crippen LogP contribution is -2.51. The molecule has 2 aromatic rings. The maximum atomic E-state index is 13.1. The minimum atomic E-state index is -3.55. The van der Waals surface area contributed by atoms with E-state index in [1.807, 2.05) is 24.3 Å². The Hall–Kier alpha value is -2.74. The van der Waals surface area contributed by atoms with Gasteiger partial charge in [0, 0.05) is 0 Å². The summed E-state index contributed by atoms with van der Waals surface area (Å²) in [6, 6.07) is 14.2. The fraction of sp³-hybridized carbons (Fsp3) is 0.409. The molecule has 0 spiro atoms. The summed E-state index contributed by atoms with van der Waals surface area (Å²) < 4.78 is 36.9. The van der Waals surface area contributed by atoms with Crippen LogP contribution in [0.1, 0.15) is 31.9 Å². The van der Waals surface area contributed by atoms with Crippen LogP contribution in [0.25, 0.3) is 0 Å². The highest BCUT2D eigenvalue weighted by atomic mass is 32.2. The van der Waals surface area contributed by atoms with Crippen LogP contribution >= 0.6 is 0 Å². The molecule has 1 N–H and O–H groups in total. The second-order valence-corrected chi connectivity index (χ2v) is 9.74. The fourth-order valence-corrected chi connectivity index (χ4v) is 4.42. The van der Waals surface area contributed by atoms with Gasteiger partial charge in [0.05, 0.1) is 31.6 Å². The van der Waals surface area contributed by atoms with Crippen molar-refractivity contribution < 1.29 is 22.7 Å². The van der Waals surface area contributed by atoms with Gasteiger partial charge in [0.1, 0.15) is 11.5 Å². The average Bonchev–Trinajstić information content (AvgIpc) is 2.71. The average molecular weight is 433 g/mol. The highest BCUT2D eigenvalue weighted by Gasteiger charge is 2.35. The summed E-state index contributed by atoms with van der Waals surface area (Å²) in [7, 11) is -1.95. The molecule has 1 aliphatic heterocycles. The molecular weight excluding hydrogens is 404 g/mol. The number of para-hydroxylation sites is 2. The van der Waals surface area contributed by atoms with Crippen molar-refractivity contribution in [1.82, 2.24) is 5.32 Å². The van der Waals surface area contributed by atoms with Gasteiger partial charge in [0.25, 0.3) is 5.91 Å². The molecule has 0 unspecified atom stereocenters. The number of methoxy groups -OCH3 is 1. The molecule has 0 radical (unpaired) electrons. The number of benzene rings is 2. The Morgan fingerprint density at radius 2 is 1.87 bits per heavy atom. The van der Waals surface area contributed by atoms with Crippen molar-refractivity contribution in [2.24, 2.45) is 5.92 Å². The fourth-order valence-electron chi connectivity index (χ4n) is 3.50. The van der Waals surface area contributed by atoms with Crippen LogP contribution in [0.3, 0.4) is 0 Å². The number of sulfonamides is 1. The summed E-state index contributed by atoms with van der Waals surface area (Å²) in [6.07, 6.45) is 0.919. The van der Waals surface area contributed by atoms with Crippen LogP contribution in [0.4, 0.5) is 5.69 Å². The molecule has 0 aromatic heterocycles. The van der Waals surface area contributed by atoms with Crippen LogP contribution in [0.2, 0.25) is 0 Å². The zero-order chi connectivity index (χ0) is 21.9. The van der Waals surface area contributed by atoms with Crippen molar-refractivity contribution in [2.75, 3.05) is 24.2 Å². The minimum absolute atomic E-state index is 0.0707.